The van der Waals surface area contributed by atoms with Crippen LogP contribution >= 0.6 is 10.2 Å². The Bertz CT molecular complexity index is 1110. The van der Waals surface area contributed by atoms with Gasteiger partial charge < -0.3 is 16.0 Å². The van der Waals surface area contributed by atoms with Crippen molar-refractivity contribution < 1.29 is 24.2 Å². The first kappa shape index (κ1) is 21.0. The Morgan fingerprint density at radius 1 is 1.17 bits per heavy atom. The van der Waals surface area contributed by atoms with E-state index >= 15 is 0 Å². The molecular weight excluding hydrogens is 417 g/mol. The van der Waals surface area contributed by atoms with Crippen molar-refractivity contribution in [2.45, 2.75) is 24.3 Å². The number of nitrogens with zero attached hydrogens (tertiary/aromatic N) is 2. The second-order valence-electron chi connectivity index (χ2n) is 7.36. The zero-order chi connectivity index (χ0) is 21.7. The van der Waals surface area contributed by atoms with Gasteiger partial charge in [-0.3, -0.25) is 9.78 Å². The molecule has 0 spiro atoms. The summed E-state index contributed by atoms with van der Waals surface area (Å²) in [7, 11) is -9.79. The van der Waals surface area contributed by atoms with E-state index in [0.29, 0.717) is 12.1 Å². The Labute approximate surface area is 162 Å². The molecule has 0 atom stereocenters. The second-order valence-corrected chi connectivity index (χ2v) is 9.77. The second kappa shape index (κ2) is 5.89. The fourth-order valence-electron chi connectivity index (χ4n) is 2.49. The first-order chi connectivity index (χ1) is 13.0. The van der Waals surface area contributed by atoms with Gasteiger partial charge in [-0.25, -0.2) is 4.98 Å². The first-order valence-electron chi connectivity index (χ1n) is 8.28. The molecule has 2 aromatic heterocycles. The van der Waals surface area contributed by atoms with Gasteiger partial charge in [0.2, 0.25) is 0 Å². The van der Waals surface area contributed by atoms with Crippen LogP contribution in [0.25, 0.3) is 22.3 Å². The molecule has 0 aliphatic rings. The number of nitrogens with two attached hydrogens (primary N) is 1. The number of rotatable bonds is 5. The number of carbonyl (C=O) groups excluding carboxylic acids is 1. The fourth-order valence-corrected chi connectivity index (χ4v) is 3.17. The van der Waals surface area contributed by atoms with E-state index in [2.05, 4.69) is 20.3 Å². The number of aromatic nitrogens is 3. The van der Waals surface area contributed by atoms with Gasteiger partial charge in [0.25, 0.3) is 5.91 Å². The number of amides is 1. The molecule has 0 aliphatic carbocycles. The molecule has 12 heteroatoms. The molecule has 1 amide bonds. The highest BCUT2D eigenvalue weighted by Gasteiger charge is 2.65. The third-order valence-electron chi connectivity index (χ3n) is 3.89. The molecule has 29 heavy (non-hydrogen) atoms. The summed E-state index contributed by atoms with van der Waals surface area (Å²) in [6, 6.07) is 2.86. The summed E-state index contributed by atoms with van der Waals surface area (Å²) in [6.07, 6.45) is 2.51. The van der Waals surface area contributed by atoms with Gasteiger partial charge in [0.15, 0.2) is 0 Å². The van der Waals surface area contributed by atoms with Crippen molar-refractivity contribution in [2.24, 2.45) is 5.73 Å². The Morgan fingerprint density at radius 3 is 2.48 bits per heavy atom. The standard InChI is InChI=1S/C17H18F5N5OS/c1-17(2,23)9-25-16(28)15-8-24-7-14(27-15)13-6-10-5-11(3-4-12(10)26-13)29(18,19,20,21)22/h3-8,26H,9,23H2,1-2H3,(H,25,28). The van der Waals surface area contributed by atoms with Crippen LogP contribution in [-0.2, 0) is 0 Å². The van der Waals surface area contributed by atoms with Crippen LogP contribution in [0.2, 0.25) is 0 Å². The number of fused-ring (bicyclic) bond motifs is 1. The Hall–Kier alpha value is -2.73. The van der Waals surface area contributed by atoms with E-state index in [9.17, 15) is 24.2 Å². The van der Waals surface area contributed by atoms with Crippen molar-refractivity contribution >= 4 is 27.0 Å². The molecule has 0 fully saturated rings. The van der Waals surface area contributed by atoms with Gasteiger partial charge in [-0.2, -0.15) is 0 Å². The summed E-state index contributed by atoms with van der Waals surface area (Å²) in [5.41, 5.74) is 5.72. The Morgan fingerprint density at radius 2 is 1.86 bits per heavy atom. The molecular formula is C17H18F5N5OS. The number of benzene rings is 1. The summed E-state index contributed by atoms with van der Waals surface area (Å²) in [6.45, 7) is 3.63. The molecule has 0 saturated carbocycles. The maximum Gasteiger partial charge on any atom is 0.310 e. The van der Waals surface area contributed by atoms with E-state index in [4.69, 9.17) is 5.73 Å². The highest BCUT2D eigenvalue weighted by molar-refractivity contribution is 8.45. The fraction of sp³-hybridized carbons (Fsp3) is 0.235. The molecule has 6 nitrogen and oxygen atoms in total. The van der Waals surface area contributed by atoms with Crippen LogP contribution in [0, 0.1) is 0 Å². The number of H-pyrrole nitrogens is 1. The zero-order valence-electron chi connectivity index (χ0n) is 15.3. The molecule has 0 radical (unpaired) electrons. The van der Waals surface area contributed by atoms with Crippen molar-refractivity contribution in [1.82, 2.24) is 20.3 Å². The SMILES string of the molecule is CC(C)(N)CNC(=O)c1cncc(-c2cc3cc(S(F)(F)(F)(F)F)ccc3[nH]2)n1. The molecule has 0 unspecified atom stereocenters. The van der Waals surface area contributed by atoms with Gasteiger partial charge in [-0.05, 0) is 38.1 Å². The zero-order valence-corrected chi connectivity index (χ0v) is 16.2. The number of halogens is 5. The minimum absolute atomic E-state index is 0.0295. The van der Waals surface area contributed by atoms with E-state index in [1.165, 1.54) is 18.5 Å². The topological polar surface area (TPSA) is 96.7 Å². The number of hydrogen-bond acceptors (Lipinski definition) is 4. The molecule has 3 rings (SSSR count). The maximum absolute atomic E-state index is 13.0. The summed E-state index contributed by atoms with van der Waals surface area (Å²) in [4.78, 5) is 21.0. The lowest BCUT2D eigenvalue weighted by Gasteiger charge is -2.40. The monoisotopic (exact) mass is 435 g/mol. The van der Waals surface area contributed by atoms with Crippen molar-refractivity contribution in [3.63, 3.8) is 0 Å². The summed E-state index contributed by atoms with van der Waals surface area (Å²) in [5.74, 6) is -0.530. The highest BCUT2D eigenvalue weighted by Crippen LogP contribution is 3.02. The van der Waals surface area contributed by atoms with Gasteiger partial charge >= 0.3 is 10.2 Å². The largest absolute Gasteiger partial charge is 0.353 e. The normalized spacial score (nSPS) is 15.0. The highest BCUT2D eigenvalue weighted by atomic mass is 32.5. The molecule has 158 valence electrons. The number of nitrogens with one attached hydrogen (secondary N) is 2. The van der Waals surface area contributed by atoms with Gasteiger partial charge in [-0.15, -0.1) is 0 Å². The van der Waals surface area contributed by atoms with E-state index < -0.39 is 26.6 Å². The summed E-state index contributed by atoms with van der Waals surface area (Å²) < 4.78 is 65.1. The Balaban J connectivity index is 1.95. The lowest BCUT2D eigenvalue weighted by molar-refractivity contribution is 0.0940. The van der Waals surface area contributed by atoms with Crippen LogP contribution in [0.4, 0.5) is 19.4 Å². The molecule has 4 N–H and O–H groups in total. The number of hydrogen-bond donors (Lipinski definition) is 3. The van der Waals surface area contributed by atoms with Crippen LogP contribution in [0.1, 0.15) is 24.3 Å². The van der Waals surface area contributed by atoms with Gasteiger partial charge in [-0.1, -0.05) is 19.4 Å². The van der Waals surface area contributed by atoms with Crippen LogP contribution in [0.15, 0.2) is 41.6 Å². The smallest absolute Gasteiger partial charge is 0.310 e. The van der Waals surface area contributed by atoms with E-state index in [-0.39, 0.29) is 34.5 Å². The molecule has 3 aromatic rings. The van der Waals surface area contributed by atoms with Crippen molar-refractivity contribution in [3.8, 4) is 11.4 Å². The third kappa shape index (κ3) is 5.01. The van der Waals surface area contributed by atoms with E-state index in [1.54, 1.807) is 13.8 Å². The average molecular weight is 435 g/mol. The Kier molecular flexibility index (Phi) is 4.26. The summed E-state index contributed by atoms with van der Waals surface area (Å²) in [5, 5.41) is 2.52. The molecule has 0 saturated heterocycles. The minimum atomic E-state index is -9.79. The third-order valence-corrected chi connectivity index (χ3v) is 5.03. The minimum Gasteiger partial charge on any atom is -0.353 e. The number of aromatic amines is 1. The first-order valence-corrected chi connectivity index (χ1v) is 10.2. The molecule has 0 aliphatic heterocycles. The number of carbonyl (C=O) groups is 1. The lowest BCUT2D eigenvalue weighted by atomic mass is 10.1. The molecule has 0 bridgehead atoms. The van der Waals surface area contributed by atoms with Crippen LogP contribution < -0.4 is 11.1 Å². The van der Waals surface area contributed by atoms with E-state index in [1.807, 2.05) is 0 Å². The van der Waals surface area contributed by atoms with Crippen LogP contribution in [0.5, 0.6) is 0 Å². The van der Waals surface area contributed by atoms with Crippen molar-refractivity contribution in [2.75, 3.05) is 6.54 Å². The van der Waals surface area contributed by atoms with Gasteiger partial charge in [0.1, 0.15) is 16.3 Å². The van der Waals surface area contributed by atoms with Crippen molar-refractivity contribution in [1.29, 1.82) is 0 Å². The van der Waals surface area contributed by atoms with E-state index in [0.717, 1.165) is 6.07 Å². The van der Waals surface area contributed by atoms with Gasteiger partial charge in [0.05, 0.1) is 18.1 Å². The van der Waals surface area contributed by atoms with Crippen LogP contribution in [-0.4, -0.2) is 32.9 Å². The van der Waals surface area contributed by atoms with Crippen molar-refractivity contribution in [3.05, 3.63) is 42.4 Å². The lowest BCUT2D eigenvalue weighted by Crippen LogP contribution is -2.45. The quantitative estimate of drug-likeness (QED) is 0.504. The molecule has 1 aromatic carbocycles. The predicted octanol–water partition coefficient (Wildman–Crippen LogP) is 4.75. The van der Waals surface area contributed by atoms with Gasteiger partial charge in [0, 0.05) is 23.0 Å². The maximum atomic E-state index is 13.0. The average Bonchev–Trinajstić information content (AvgIpc) is 3.00. The van der Waals surface area contributed by atoms with Crippen LogP contribution in [0.3, 0.4) is 0 Å². The summed E-state index contributed by atoms with van der Waals surface area (Å²) >= 11 is 0. The predicted molar refractivity (Wildman–Crippen MR) is 101 cm³/mol. The molecule has 2 heterocycles.